The first-order valence-corrected chi connectivity index (χ1v) is 7.51. The van der Waals surface area contributed by atoms with Gasteiger partial charge in [-0.1, -0.05) is 12.1 Å². The minimum absolute atomic E-state index is 0.135. The van der Waals surface area contributed by atoms with E-state index in [-0.39, 0.29) is 5.91 Å². The van der Waals surface area contributed by atoms with Crippen LogP contribution in [-0.2, 0) is 11.8 Å². The van der Waals surface area contributed by atoms with Crippen LogP contribution in [0.25, 0.3) is 11.0 Å². The van der Waals surface area contributed by atoms with Gasteiger partial charge in [-0.25, -0.2) is 9.97 Å². The molecule has 3 aromatic rings. The topological polar surface area (TPSA) is 94.0 Å². The van der Waals surface area contributed by atoms with Crippen molar-refractivity contribution in [2.24, 2.45) is 7.05 Å². The van der Waals surface area contributed by atoms with E-state index in [1.165, 1.54) is 13.3 Å². The van der Waals surface area contributed by atoms with Crippen molar-refractivity contribution in [1.82, 2.24) is 19.7 Å². The maximum absolute atomic E-state index is 11.2. The van der Waals surface area contributed by atoms with Crippen LogP contribution in [-0.4, -0.2) is 38.8 Å². The number of para-hydroxylation sites is 2. The van der Waals surface area contributed by atoms with Gasteiger partial charge in [0.15, 0.2) is 5.65 Å². The molecule has 0 saturated heterocycles. The normalized spacial score (nSPS) is 10.6. The third-order valence-corrected chi connectivity index (χ3v) is 3.28. The highest BCUT2D eigenvalue weighted by Crippen LogP contribution is 2.23. The van der Waals surface area contributed by atoms with Crippen LogP contribution in [0.15, 0.2) is 36.8 Å². The maximum Gasteiger partial charge on any atom is 0.221 e. The first-order valence-electron chi connectivity index (χ1n) is 7.51. The van der Waals surface area contributed by atoms with E-state index in [2.05, 4.69) is 25.7 Å². The summed E-state index contributed by atoms with van der Waals surface area (Å²) < 4.78 is 7.43. The lowest BCUT2D eigenvalue weighted by atomic mass is 10.3. The van der Waals surface area contributed by atoms with Gasteiger partial charge in [-0.05, 0) is 12.1 Å². The summed E-state index contributed by atoms with van der Waals surface area (Å²) in [5.41, 5.74) is 1.30. The van der Waals surface area contributed by atoms with Crippen LogP contribution < -0.4 is 15.4 Å². The molecule has 0 unspecified atom stereocenters. The molecule has 1 aromatic carbocycles. The molecule has 0 radical (unpaired) electrons. The third-order valence-electron chi connectivity index (χ3n) is 3.28. The number of carbonyl (C=O) groups excluding carboxylic acids is 1. The summed E-state index contributed by atoms with van der Waals surface area (Å²) in [4.78, 5) is 19.6. The highest BCUT2D eigenvalue weighted by Gasteiger charge is 2.07. The average Bonchev–Trinajstić information content (AvgIpc) is 2.93. The predicted molar refractivity (Wildman–Crippen MR) is 91.0 cm³/mol. The summed E-state index contributed by atoms with van der Waals surface area (Å²) >= 11 is 0. The number of anilines is 2. The molecule has 0 aliphatic rings. The Hall–Kier alpha value is -3.16. The van der Waals surface area contributed by atoms with Crippen molar-refractivity contribution in [2.75, 3.05) is 23.8 Å². The second kappa shape index (κ2) is 6.95. The Morgan fingerprint density at radius 1 is 1.29 bits per heavy atom. The largest absolute Gasteiger partial charge is 0.490 e. The molecule has 0 spiro atoms. The predicted octanol–water partition coefficient (Wildman–Crippen LogP) is 1.81. The molecule has 0 fully saturated rings. The van der Waals surface area contributed by atoms with Crippen LogP contribution in [0.5, 0.6) is 5.75 Å². The van der Waals surface area contributed by atoms with Gasteiger partial charge in [-0.15, -0.1) is 0 Å². The van der Waals surface area contributed by atoms with E-state index < -0.39 is 0 Å². The molecule has 0 aliphatic carbocycles. The number of rotatable bonds is 6. The van der Waals surface area contributed by atoms with Gasteiger partial charge in [0.1, 0.15) is 24.5 Å². The van der Waals surface area contributed by atoms with Gasteiger partial charge in [0.05, 0.1) is 17.6 Å². The summed E-state index contributed by atoms with van der Waals surface area (Å²) in [7, 11) is 1.84. The molecule has 124 valence electrons. The van der Waals surface area contributed by atoms with Crippen molar-refractivity contribution in [2.45, 2.75) is 6.92 Å². The molecule has 2 heterocycles. The SMILES string of the molecule is CC(=O)Nc1ccccc1OCCNc1ncnc2nn(C)cc12. The van der Waals surface area contributed by atoms with Gasteiger partial charge < -0.3 is 15.4 Å². The monoisotopic (exact) mass is 326 g/mol. The van der Waals surface area contributed by atoms with Gasteiger partial charge in [-0.3, -0.25) is 9.48 Å². The summed E-state index contributed by atoms with van der Waals surface area (Å²) in [6.45, 7) is 2.43. The zero-order valence-corrected chi connectivity index (χ0v) is 13.5. The second-order valence-electron chi connectivity index (χ2n) is 5.21. The van der Waals surface area contributed by atoms with Gasteiger partial charge in [0.2, 0.25) is 5.91 Å². The number of amides is 1. The average molecular weight is 326 g/mol. The van der Waals surface area contributed by atoms with Crippen LogP contribution in [0.1, 0.15) is 6.92 Å². The lowest BCUT2D eigenvalue weighted by Gasteiger charge is -2.12. The van der Waals surface area contributed by atoms with E-state index in [0.29, 0.717) is 36.1 Å². The minimum Gasteiger partial charge on any atom is -0.490 e. The molecule has 2 aromatic heterocycles. The minimum atomic E-state index is -0.135. The number of aromatic nitrogens is 4. The maximum atomic E-state index is 11.2. The van der Waals surface area contributed by atoms with Crippen molar-refractivity contribution in [3.8, 4) is 5.75 Å². The van der Waals surface area contributed by atoms with Crippen LogP contribution in [0.2, 0.25) is 0 Å². The molecule has 1 amide bonds. The zero-order valence-electron chi connectivity index (χ0n) is 13.5. The summed E-state index contributed by atoms with van der Waals surface area (Å²) in [6.07, 6.45) is 3.34. The lowest BCUT2D eigenvalue weighted by molar-refractivity contribution is -0.114. The number of hydrogen-bond acceptors (Lipinski definition) is 6. The van der Waals surface area contributed by atoms with Crippen molar-refractivity contribution >= 4 is 28.4 Å². The van der Waals surface area contributed by atoms with Crippen LogP contribution >= 0.6 is 0 Å². The van der Waals surface area contributed by atoms with Gasteiger partial charge in [0.25, 0.3) is 0 Å². The molecule has 3 rings (SSSR count). The van der Waals surface area contributed by atoms with Crippen LogP contribution in [0.4, 0.5) is 11.5 Å². The summed E-state index contributed by atoms with van der Waals surface area (Å²) in [6, 6.07) is 7.32. The molecule has 2 N–H and O–H groups in total. The first-order chi connectivity index (χ1) is 11.6. The van der Waals surface area contributed by atoms with E-state index in [9.17, 15) is 4.79 Å². The fourth-order valence-electron chi connectivity index (χ4n) is 2.31. The first kappa shape index (κ1) is 15.7. The Morgan fingerprint density at radius 3 is 2.96 bits per heavy atom. The summed E-state index contributed by atoms with van der Waals surface area (Å²) in [5.74, 6) is 1.21. The molecule has 8 heteroatoms. The number of aryl methyl sites for hydroxylation is 1. The Morgan fingerprint density at radius 2 is 2.12 bits per heavy atom. The van der Waals surface area contributed by atoms with Crippen molar-refractivity contribution < 1.29 is 9.53 Å². The fourth-order valence-corrected chi connectivity index (χ4v) is 2.31. The van der Waals surface area contributed by atoms with E-state index >= 15 is 0 Å². The number of ether oxygens (including phenoxy) is 1. The second-order valence-corrected chi connectivity index (χ2v) is 5.21. The Kier molecular flexibility index (Phi) is 4.55. The van der Waals surface area contributed by atoms with E-state index in [4.69, 9.17) is 4.74 Å². The number of nitrogens with zero attached hydrogens (tertiary/aromatic N) is 4. The number of benzene rings is 1. The van der Waals surface area contributed by atoms with Crippen molar-refractivity contribution in [3.63, 3.8) is 0 Å². The molecule has 0 saturated carbocycles. The lowest BCUT2D eigenvalue weighted by Crippen LogP contribution is -2.14. The van der Waals surface area contributed by atoms with E-state index in [0.717, 1.165) is 5.39 Å². The smallest absolute Gasteiger partial charge is 0.221 e. The molecular weight excluding hydrogens is 308 g/mol. The molecule has 0 aliphatic heterocycles. The van der Waals surface area contributed by atoms with E-state index in [1.807, 2.05) is 31.4 Å². The number of hydrogen-bond donors (Lipinski definition) is 2. The van der Waals surface area contributed by atoms with Crippen LogP contribution in [0, 0.1) is 0 Å². The van der Waals surface area contributed by atoms with Crippen molar-refractivity contribution in [1.29, 1.82) is 0 Å². The van der Waals surface area contributed by atoms with Gasteiger partial charge in [0, 0.05) is 20.2 Å². The van der Waals surface area contributed by atoms with Gasteiger partial charge >= 0.3 is 0 Å². The molecule has 8 nitrogen and oxygen atoms in total. The Bertz CT molecular complexity index is 861. The Balaban J connectivity index is 1.60. The fraction of sp³-hybridized carbons (Fsp3) is 0.250. The van der Waals surface area contributed by atoms with Crippen LogP contribution in [0.3, 0.4) is 0 Å². The number of nitrogens with one attached hydrogen (secondary N) is 2. The molecule has 0 atom stereocenters. The van der Waals surface area contributed by atoms with Gasteiger partial charge in [-0.2, -0.15) is 5.10 Å². The zero-order chi connectivity index (χ0) is 16.9. The molecular formula is C16H18N6O2. The van der Waals surface area contributed by atoms with E-state index in [1.54, 1.807) is 10.7 Å². The molecule has 0 bridgehead atoms. The van der Waals surface area contributed by atoms with Crippen molar-refractivity contribution in [3.05, 3.63) is 36.8 Å². The molecule has 24 heavy (non-hydrogen) atoms. The quantitative estimate of drug-likeness (QED) is 0.671. The standard InChI is InChI=1S/C16H18N6O2/c1-11(23)20-13-5-3-4-6-14(13)24-8-7-17-15-12-9-22(2)21-16(12)19-10-18-15/h3-6,9-10H,7-8H2,1-2H3,(H,20,23)(H,17,18,19,21). The highest BCUT2D eigenvalue weighted by atomic mass is 16.5. The third kappa shape index (κ3) is 3.60. The summed E-state index contributed by atoms with van der Waals surface area (Å²) in [5, 5.41) is 11.1. The number of fused-ring (bicyclic) bond motifs is 1. The Labute approximate surface area is 138 Å². The highest BCUT2D eigenvalue weighted by molar-refractivity contribution is 5.90. The number of carbonyl (C=O) groups is 1.